The van der Waals surface area contributed by atoms with Crippen LogP contribution in [0.3, 0.4) is 0 Å². The molecular weight excluding hydrogens is 246 g/mol. The molecule has 0 aliphatic carbocycles. The molecule has 0 unspecified atom stereocenters. The quantitative estimate of drug-likeness (QED) is 0.823. The van der Waals surface area contributed by atoms with Crippen LogP contribution in [-0.2, 0) is 5.92 Å². The van der Waals surface area contributed by atoms with Gasteiger partial charge in [-0.1, -0.05) is 12.1 Å². The predicted octanol–water partition coefficient (Wildman–Crippen LogP) is 3.35. The van der Waals surface area contributed by atoms with E-state index in [-0.39, 0.29) is 5.92 Å². The summed E-state index contributed by atoms with van der Waals surface area (Å²) in [6.45, 7) is -0.210. The average Bonchev–Trinajstić information content (AvgIpc) is 2.39. The largest absolute Gasteiger partial charge is 0.317 e. The van der Waals surface area contributed by atoms with Crippen molar-refractivity contribution in [2.24, 2.45) is 0 Å². The van der Waals surface area contributed by atoms with E-state index < -0.39 is 24.0 Å². The van der Waals surface area contributed by atoms with Gasteiger partial charge < -0.3 is 5.32 Å². The molecule has 0 aromatic heterocycles. The van der Waals surface area contributed by atoms with Gasteiger partial charge in [0.1, 0.15) is 5.82 Å². The Hall–Kier alpha value is -1.10. The molecule has 1 saturated heterocycles. The van der Waals surface area contributed by atoms with E-state index >= 15 is 0 Å². The number of benzene rings is 1. The number of hydrogen-bond donors (Lipinski definition) is 1. The predicted molar refractivity (Wildman–Crippen MR) is 61.1 cm³/mol. The van der Waals surface area contributed by atoms with E-state index in [0.29, 0.717) is 5.56 Å². The van der Waals surface area contributed by atoms with Crippen molar-refractivity contribution in [3.05, 3.63) is 35.1 Å². The zero-order valence-electron chi connectivity index (χ0n) is 9.86. The molecule has 18 heavy (non-hydrogen) atoms. The standard InChI is InChI=1S/C13H15F4N/c14-8-13(16,17)10-1-2-11(12(15)7-10)9-3-5-18-6-4-9/h1-2,7,9,18H,3-6,8H2. The van der Waals surface area contributed by atoms with Crippen LogP contribution < -0.4 is 5.32 Å². The van der Waals surface area contributed by atoms with Gasteiger partial charge in [-0.3, -0.25) is 0 Å². The van der Waals surface area contributed by atoms with Crippen molar-refractivity contribution in [1.82, 2.24) is 5.32 Å². The van der Waals surface area contributed by atoms with Crippen LogP contribution in [-0.4, -0.2) is 19.8 Å². The molecule has 0 spiro atoms. The first kappa shape index (κ1) is 13.3. The van der Waals surface area contributed by atoms with Gasteiger partial charge in [0.05, 0.1) is 0 Å². The summed E-state index contributed by atoms with van der Waals surface area (Å²) in [6.07, 6.45) is 1.57. The number of piperidine rings is 1. The lowest BCUT2D eigenvalue weighted by Crippen LogP contribution is -2.27. The molecule has 1 nitrogen and oxygen atoms in total. The number of alkyl halides is 3. The van der Waals surface area contributed by atoms with Crippen LogP contribution in [0, 0.1) is 5.82 Å². The molecule has 1 fully saturated rings. The monoisotopic (exact) mass is 261 g/mol. The molecule has 1 aliphatic heterocycles. The van der Waals surface area contributed by atoms with Crippen LogP contribution in [0.4, 0.5) is 17.6 Å². The van der Waals surface area contributed by atoms with Crippen LogP contribution in [0.25, 0.3) is 0 Å². The second-order valence-electron chi connectivity index (χ2n) is 4.60. The normalized spacial score (nSPS) is 18.0. The Balaban J connectivity index is 2.24. The van der Waals surface area contributed by atoms with Gasteiger partial charge in [0.25, 0.3) is 0 Å². The van der Waals surface area contributed by atoms with Gasteiger partial charge in [-0.15, -0.1) is 0 Å². The number of rotatable bonds is 3. The zero-order valence-corrected chi connectivity index (χ0v) is 9.86. The minimum Gasteiger partial charge on any atom is -0.317 e. The summed E-state index contributed by atoms with van der Waals surface area (Å²) >= 11 is 0. The Kier molecular flexibility index (Phi) is 3.90. The van der Waals surface area contributed by atoms with Crippen LogP contribution in [0.15, 0.2) is 18.2 Å². The summed E-state index contributed by atoms with van der Waals surface area (Å²) in [5.41, 5.74) is -0.143. The minimum absolute atomic E-state index is 0.0549. The van der Waals surface area contributed by atoms with Crippen LogP contribution in [0.2, 0.25) is 0 Å². The third-order valence-corrected chi connectivity index (χ3v) is 3.37. The summed E-state index contributed by atoms with van der Waals surface area (Å²) in [5.74, 6) is -4.21. The van der Waals surface area contributed by atoms with Gasteiger partial charge >= 0.3 is 5.92 Å². The smallest absolute Gasteiger partial charge is 0.301 e. The van der Waals surface area contributed by atoms with Crippen LogP contribution in [0.1, 0.15) is 29.9 Å². The molecule has 0 radical (unpaired) electrons. The topological polar surface area (TPSA) is 12.0 Å². The molecule has 1 aliphatic rings. The third kappa shape index (κ3) is 2.66. The molecule has 1 heterocycles. The summed E-state index contributed by atoms with van der Waals surface area (Å²) in [4.78, 5) is 0. The van der Waals surface area contributed by atoms with Gasteiger partial charge in [-0.25, -0.2) is 8.78 Å². The van der Waals surface area contributed by atoms with Gasteiger partial charge in [-0.05, 0) is 43.5 Å². The lowest BCUT2D eigenvalue weighted by molar-refractivity contribution is -0.0283. The first-order chi connectivity index (χ1) is 8.54. The Morgan fingerprint density at radius 3 is 2.44 bits per heavy atom. The van der Waals surface area contributed by atoms with Crippen molar-refractivity contribution in [3.63, 3.8) is 0 Å². The summed E-state index contributed by atoms with van der Waals surface area (Å²) in [6, 6.07) is 3.25. The van der Waals surface area contributed by atoms with Gasteiger partial charge in [0.15, 0.2) is 6.67 Å². The van der Waals surface area contributed by atoms with E-state index in [4.69, 9.17) is 0 Å². The molecule has 0 amide bonds. The van der Waals surface area contributed by atoms with Gasteiger partial charge in [0, 0.05) is 5.56 Å². The number of hydrogen-bond acceptors (Lipinski definition) is 1. The highest BCUT2D eigenvalue weighted by molar-refractivity contribution is 5.30. The second-order valence-corrected chi connectivity index (χ2v) is 4.60. The van der Waals surface area contributed by atoms with Crippen LogP contribution >= 0.6 is 0 Å². The number of nitrogens with one attached hydrogen (secondary N) is 1. The minimum atomic E-state index is -3.60. The lowest BCUT2D eigenvalue weighted by Gasteiger charge is -2.24. The Morgan fingerprint density at radius 1 is 1.22 bits per heavy atom. The van der Waals surface area contributed by atoms with Crippen molar-refractivity contribution >= 4 is 0 Å². The summed E-state index contributed by atoms with van der Waals surface area (Å²) in [7, 11) is 0. The fourth-order valence-corrected chi connectivity index (χ4v) is 2.30. The van der Waals surface area contributed by atoms with Crippen molar-refractivity contribution in [3.8, 4) is 0 Å². The van der Waals surface area contributed by atoms with E-state index in [2.05, 4.69) is 5.32 Å². The van der Waals surface area contributed by atoms with Crippen LogP contribution in [0.5, 0.6) is 0 Å². The summed E-state index contributed by atoms with van der Waals surface area (Å²) in [5, 5.41) is 3.16. The van der Waals surface area contributed by atoms with Crippen molar-refractivity contribution in [2.75, 3.05) is 19.8 Å². The second kappa shape index (κ2) is 5.26. The molecule has 1 aromatic rings. The fraction of sp³-hybridized carbons (Fsp3) is 0.538. The first-order valence-electron chi connectivity index (χ1n) is 5.99. The molecule has 0 atom stereocenters. The highest BCUT2D eigenvalue weighted by atomic mass is 19.3. The highest BCUT2D eigenvalue weighted by Gasteiger charge is 2.32. The summed E-state index contributed by atoms with van der Waals surface area (Å²) < 4.78 is 52.2. The van der Waals surface area contributed by atoms with Crippen molar-refractivity contribution < 1.29 is 17.6 Å². The van der Waals surface area contributed by atoms with E-state index in [0.717, 1.165) is 38.1 Å². The maximum absolute atomic E-state index is 13.8. The highest BCUT2D eigenvalue weighted by Crippen LogP contribution is 2.33. The molecule has 0 bridgehead atoms. The SMILES string of the molecule is FCC(F)(F)c1ccc(C2CCNCC2)c(F)c1. The maximum atomic E-state index is 13.8. The number of halogens is 4. The molecule has 0 saturated carbocycles. The molecule has 1 aromatic carbocycles. The molecule has 5 heteroatoms. The van der Waals surface area contributed by atoms with E-state index in [1.807, 2.05) is 0 Å². The van der Waals surface area contributed by atoms with Gasteiger partial charge in [0.2, 0.25) is 0 Å². The van der Waals surface area contributed by atoms with E-state index in [1.54, 1.807) is 0 Å². The van der Waals surface area contributed by atoms with Crippen molar-refractivity contribution in [2.45, 2.75) is 24.7 Å². The molecule has 1 N–H and O–H groups in total. The zero-order chi connectivity index (χ0) is 13.2. The average molecular weight is 261 g/mol. The third-order valence-electron chi connectivity index (χ3n) is 3.37. The van der Waals surface area contributed by atoms with E-state index in [9.17, 15) is 17.6 Å². The fourth-order valence-electron chi connectivity index (χ4n) is 2.30. The Labute approximate surface area is 103 Å². The first-order valence-corrected chi connectivity index (χ1v) is 5.99. The lowest BCUT2D eigenvalue weighted by atomic mass is 9.89. The molecular formula is C13H15F4N. The Morgan fingerprint density at radius 2 is 1.89 bits per heavy atom. The molecule has 2 rings (SSSR count). The Bertz CT molecular complexity index is 413. The van der Waals surface area contributed by atoms with E-state index in [1.165, 1.54) is 6.07 Å². The van der Waals surface area contributed by atoms with Crippen molar-refractivity contribution in [1.29, 1.82) is 0 Å². The van der Waals surface area contributed by atoms with Gasteiger partial charge in [-0.2, -0.15) is 8.78 Å². The maximum Gasteiger partial charge on any atom is 0.301 e. The molecule has 100 valence electrons.